The molecule has 5 heteroatoms. The van der Waals surface area contributed by atoms with Gasteiger partial charge in [0, 0.05) is 17.7 Å². The second kappa shape index (κ2) is 7.55. The third-order valence-corrected chi connectivity index (χ3v) is 4.24. The third kappa shape index (κ3) is 4.88. The number of nitrogens with two attached hydrogens (primary N) is 1. The normalized spacial score (nSPS) is 12.8. The smallest absolute Gasteiger partial charge is 0.269 e. The monoisotopic (exact) mass is 328 g/mol. The summed E-state index contributed by atoms with van der Waals surface area (Å²) in [5.74, 6) is 0. The standard InChI is InChI=1S/C19H26N3O2/c1-4-15-8-10-17(11-9-15)19(20)14-22(2,3)13-16-6-5-7-18(12-16)21(23)24/h5-12,19H,4,13-14,20H2,1-3H3/q+1. The second-order valence-electron chi connectivity index (χ2n) is 6.91. The summed E-state index contributed by atoms with van der Waals surface area (Å²) in [4.78, 5) is 10.6. The van der Waals surface area contributed by atoms with Crippen LogP contribution in [0, 0.1) is 10.1 Å². The number of hydrogen-bond donors (Lipinski definition) is 1. The predicted molar refractivity (Wildman–Crippen MR) is 96.5 cm³/mol. The highest BCUT2D eigenvalue weighted by Gasteiger charge is 2.22. The molecular weight excluding hydrogens is 302 g/mol. The van der Waals surface area contributed by atoms with Crippen LogP contribution in [0.25, 0.3) is 0 Å². The lowest BCUT2D eigenvalue weighted by atomic mass is 10.0. The van der Waals surface area contributed by atoms with E-state index in [1.165, 1.54) is 11.6 Å². The molecule has 2 rings (SSSR count). The maximum absolute atomic E-state index is 10.9. The van der Waals surface area contributed by atoms with Gasteiger partial charge in [-0.1, -0.05) is 43.3 Å². The maximum atomic E-state index is 10.9. The van der Waals surface area contributed by atoms with Crippen LogP contribution in [-0.4, -0.2) is 30.0 Å². The molecule has 0 radical (unpaired) electrons. The molecule has 5 nitrogen and oxygen atoms in total. The van der Waals surface area contributed by atoms with Crippen LogP contribution in [0.3, 0.4) is 0 Å². The number of quaternary nitrogens is 1. The minimum atomic E-state index is -0.357. The molecule has 0 fully saturated rings. The summed E-state index contributed by atoms with van der Waals surface area (Å²) in [6.45, 7) is 3.59. The van der Waals surface area contributed by atoms with E-state index in [1.54, 1.807) is 12.1 Å². The Bertz CT molecular complexity index is 696. The Morgan fingerprint density at radius 1 is 1.12 bits per heavy atom. The molecule has 0 amide bonds. The van der Waals surface area contributed by atoms with Crippen molar-refractivity contribution in [1.29, 1.82) is 0 Å². The van der Waals surface area contributed by atoms with Gasteiger partial charge < -0.3 is 10.2 Å². The van der Waals surface area contributed by atoms with Crippen molar-refractivity contribution in [3.8, 4) is 0 Å². The molecule has 0 saturated heterocycles. The highest BCUT2D eigenvalue weighted by atomic mass is 16.6. The zero-order valence-electron chi connectivity index (χ0n) is 14.6. The van der Waals surface area contributed by atoms with Gasteiger partial charge in [0.1, 0.15) is 6.54 Å². The van der Waals surface area contributed by atoms with E-state index in [0.717, 1.165) is 24.1 Å². The summed E-state index contributed by atoms with van der Waals surface area (Å²) < 4.78 is 0.665. The molecule has 1 unspecified atom stereocenters. The molecule has 1 atom stereocenters. The van der Waals surface area contributed by atoms with Crippen LogP contribution >= 0.6 is 0 Å². The zero-order valence-corrected chi connectivity index (χ0v) is 14.6. The van der Waals surface area contributed by atoms with Gasteiger partial charge >= 0.3 is 0 Å². The number of nitrogens with zero attached hydrogens (tertiary/aromatic N) is 2. The summed E-state index contributed by atoms with van der Waals surface area (Å²) in [7, 11) is 4.19. The van der Waals surface area contributed by atoms with Gasteiger partial charge in [0.25, 0.3) is 5.69 Å². The van der Waals surface area contributed by atoms with Crippen LogP contribution in [-0.2, 0) is 13.0 Å². The molecule has 128 valence electrons. The van der Waals surface area contributed by atoms with Gasteiger partial charge in [0.15, 0.2) is 0 Å². The molecule has 0 bridgehead atoms. The number of non-ortho nitro benzene ring substituents is 1. The highest BCUT2D eigenvalue weighted by Crippen LogP contribution is 2.20. The predicted octanol–water partition coefficient (Wildman–Crippen LogP) is 3.43. The summed E-state index contributed by atoms with van der Waals surface area (Å²) >= 11 is 0. The van der Waals surface area contributed by atoms with Gasteiger partial charge in [-0.05, 0) is 17.5 Å². The Hall–Kier alpha value is -2.24. The Labute approximate surface area is 143 Å². The van der Waals surface area contributed by atoms with E-state index in [9.17, 15) is 10.1 Å². The Balaban J connectivity index is 2.06. The van der Waals surface area contributed by atoms with E-state index in [2.05, 4.69) is 45.3 Å². The number of hydrogen-bond acceptors (Lipinski definition) is 3. The first-order chi connectivity index (χ1) is 11.3. The fraction of sp³-hybridized carbons (Fsp3) is 0.368. The lowest BCUT2D eigenvalue weighted by molar-refractivity contribution is -0.905. The van der Waals surface area contributed by atoms with Gasteiger partial charge in [0.2, 0.25) is 0 Å². The minimum absolute atomic E-state index is 0.0652. The van der Waals surface area contributed by atoms with Gasteiger partial charge in [-0.2, -0.15) is 0 Å². The molecule has 2 aromatic rings. The van der Waals surface area contributed by atoms with Crippen LogP contribution < -0.4 is 5.73 Å². The van der Waals surface area contributed by atoms with Crippen LogP contribution in [0.4, 0.5) is 5.69 Å². The Kier molecular flexibility index (Phi) is 5.70. The van der Waals surface area contributed by atoms with E-state index in [-0.39, 0.29) is 16.7 Å². The van der Waals surface area contributed by atoms with E-state index < -0.39 is 0 Å². The van der Waals surface area contributed by atoms with E-state index >= 15 is 0 Å². The quantitative estimate of drug-likeness (QED) is 0.481. The van der Waals surface area contributed by atoms with E-state index in [0.29, 0.717) is 11.0 Å². The molecular formula is C19H26N3O2+. The average molecular weight is 328 g/mol. The summed E-state index contributed by atoms with van der Waals surface area (Å²) in [6, 6.07) is 15.2. The van der Waals surface area contributed by atoms with Crippen molar-refractivity contribution in [1.82, 2.24) is 0 Å². The van der Waals surface area contributed by atoms with Crippen LogP contribution in [0.2, 0.25) is 0 Å². The van der Waals surface area contributed by atoms with Gasteiger partial charge in [-0.25, -0.2) is 0 Å². The molecule has 0 heterocycles. The number of likely N-dealkylation sites (N-methyl/N-ethyl adjacent to an activating group) is 1. The fourth-order valence-corrected chi connectivity index (χ4v) is 2.97. The van der Waals surface area contributed by atoms with Crippen molar-refractivity contribution >= 4 is 5.69 Å². The molecule has 2 N–H and O–H groups in total. The topological polar surface area (TPSA) is 69.2 Å². The molecule has 0 spiro atoms. The van der Waals surface area contributed by atoms with Crippen molar-refractivity contribution in [3.05, 3.63) is 75.3 Å². The SMILES string of the molecule is CCc1ccc(C(N)C[N+](C)(C)Cc2cccc([N+](=O)[O-])c2)cc1. The van der Waals surface area contributed by atoms with Crippen molar-refractivity contribution < 1.29 is 9.41 Å². The molecule has 0 aliphatic rings. The highest BCUT2D eigenvalue weighted by molar-refractivity contribution is 5.33. The second-order valence-corrected chi connectivity index (χ2v) is 6.91. The van der Waals surface area contributed by atoms with Crippen molar-refractivity contribution in [3.63, 3.8) is 0 Å². The van der Waals surface area contributed by atoms with Crippen molar-refractivity contribution in [2.75, 3.05) is 20.6 Å². The van der Waals surface area contributed by atoms with E-state index in [4.69, 9.17) is 5.73 Å². The Morgan fingerprint density at radius 3 is 2.38 bits per heavy atom. The zero-order chi connectivity index (χ0) is 17.7. The Morgan fingerprint density at radius 2 is 1.79 bits per heavy atom. The molecule has 0 aromatic heterocycles. The lowest BCUT2D eigenvalue weighted by Crippen LogP contribution is -2.44. The van der Waals surface area contributed by atoms with Crippen molar-refractivity contribution in [2.45, 2.75) is 25.9 Å². The largest absolute Gasteiger partial charge is 0.323 e. The number of nitro groups is 1. The first-order valence-corrected chi connectivity index (χ1v) is 8.20. The minimum Gasteiger partial charge on any atom is -0.323 e. The number of benzene rings is 2. The summed E-state index contributed by atoms with van der Waals surface area (Å²) in [5.41, 5.74) is 9.88. The number of nitro benzene ring substituents is 1. The first kappa shape index (κ1) is 18.1. The number of rotatable bonds is 7. The van der Waals surface area contributed by atoms with Gasteiger partial charge in [0.05, 0.1) is 31.6 Å². The third-order valence-electron chi connectivity index (χ3n) is 4.24. The van der Waals surface area contributed by atoms with Crippen LogP contribution in [0.1, 0.15) is 29.7 Å². The lowest BCUT2D eigenvalue weighted by Gasteiger charge is -2.32. The first-order valence-electron chi connectivity index (χ1n) is 8.20. The maximum Gasteiger partial charge on any atom is 0.269 e. The van der Waals surface area contributed by atoms with Gasteiger partial charge in [-0.15, -0.1) is 0 Å². The molecule has 24 heavy (non-hydrogen) atoms. The van der Waals surface area contributed by atoms with Crippen LogP contribution in [0.5, 0.6) is 0 Å². The van der Waals surface area contributed by atoms with E-state index in [1.807, 2.05) is 6.07 Å². The van der Waals surface area contributed by atoms with Crippen LogP contribution in [0.15, 0.2) is 48.5 Å². The molecule has 0 aliphatic heterocycles. The average Bonchev–Trinajstić information content (AvgIpc) is 2.54. The summed E-state index contributed by atoms with van der Waals surface area (Å²) in [6.07, 6.45) is 1.02. The molecule has 0 saturated carbocycles. The molecule has 2 aromatic carbocycles. The van der Waals surface area contributed by atoms with Gasteiger partial charge in [-0.3, -0.25) is 10.1 Å². The molecule has 0 aliphatic carbocycles. The number of aryl methyl sites for hydroxylation is 1. The van der Waals surface area contributed by atoms with Crippen molar-refractivity contribution in [2.24, 2.45) is 5.73 Å². The summed E-state index contributed by atoms with van der Waals surface area (Å²) in [5, 5.41) is 10.9. The fourth-order valence-electron chi connectivity index (χ4n) is 2.97.